The van der Waals surface area contributed by atoms with Crippen LogP contribution in [0.25, 0.3) is 0 Å². The zero-order valence-corrected chi connectivity index (χ0v) is 13.1. The molecule has 4 heteroatoms. The van der Waals surface area contributed by atoms with Gasteiger partial charge in [0.05, 0.1) is 4.83 Å². The molecule has 0 saturated carbocycles. The van der Waals surface area contributed by atoms with Gasteiger partial charge in [0.25, 0.3) is 0 Å². The number of alkyl halides is 1. The van der Waals surface area contributed by atoms with E-state index in [9.17, 15) is 4.79 Å². The van der Waals surface area contributed by atoms with Gasteiger partial charge in [-0.05, 0) is 52.0 Å². The molecule has 1 aliphatic rings. The molecule has 1 fully saturated rings. The second-order valence-electron chi connectivity index (χ2n) is 5.19. The Morgan fingerprint density at radius 1 is 1.32 bits per heavy atom. The molecule has 19 heavy (non-hydrogen) atoms. The van der Waals surface area contributed by atoms with E-state index in [1.807, 2.05) is 42.2 Å². The number of para-hydroxylation sites is 1. The highest BCUT2D eigenvalue weighted by Crippen LogP contribution is 2.25. The van der Waals surface area contributed by atoms with Crippen LogP contribution in [0.1, 0.15) is 19.8 Å². The topological polar surface area (TPSA) is 23.6 Å². The number of carbonyl (C=O) groups excluding carboxylic acids is 1. The van der Waals surface area contributed by atoms with Crippen molar-refractivity contribution < 1.29 is 4.79 Å². The second-order valence-corrected chi connectivity index (χ2v) is 6.57. The SMILES string of the molecule is C[C@@H](Br)C(=O)N(c1ccccc1)C1CCN(C)CC1. The van der Waals surface area contributed by atoms with Crippen molar-refractivity contribution in [3.63, 3.8) is 0 Å². The first-order valence-electron chi connectivity index (χ1n) is 6.80. The molecule has 0 N–H and O–H groups in total. The summed E-state index contributed by atoms with van der Waals surface area (Å²) in [5.74, 6) is 0.153. The van der Waals surface area contributed by atoms with Crippen molar-refractivity contribution in [3.8, 4) is 0 Å². The van der Waals surface area contributed by atoms with Crippen LogP contribution in [0.5, 0.6) is 0 Å². The van der Waals surface area contributed by atoms with Crippen LogP contribution >= 0.6 is 15.9 Å². The van der Waals surface area contributed by atoms with E-state index in [0.29, 0.717) is 6.04 Å². The number of anilines is 1. The minimum atomic E-state index is -0.146. The van der Waals surface area contributed by atoms with Crippen molar-refractivity contribution in [1.29, 1.82) is 0 Å². The van der Waals surface area contributed by atoms with E-state index in [-0.39, 0.29) is 10.7 Å². The molecule has 0 aromatic heterocycles. The van der Waals surface area contributed by atoms with Crippen molar-refractivity contribution in [3.05, 3.63) is 30.3 Å². The van der Waals surface area contributed by atoms with E-state index in [4.69, 9.17) is 0 Å². The Morgan fingerprint density at radius 2 is 1.89 bits per heavy atom. The Labute approximate surface area is 123 Å². The Bertz CT molecular complexity index is 413. The van der Waals surface area contributed by atoms with Gasteiger partial charge in [0.2, 0.25) is 5.91 Å². The van der Waals surface area contributed by atoms with Crippen LogP contribution in [-0.2, 0) is 4.79 Å². The smallest absolute Gasteiger partial charge is 0.240 e. The fourth-order valence-electron chi connectivity index (χ4n) is 2.55. The first-order valence-corrected chi connectivity index (χ1v) is 7.72. The highest BCUT2D eigenvalue weighted by molar-refractivity contribution is 9.10. The lowest BCUT2D eigenvalue weighted by molar-refractivity contribution is -0.118. The Morgan fingerprint density at radius 3 is 2.42 bits per heavy atom. The molecule has 1 aromatic rings. The van der Waals surface area contributed by atoms with Gasteiger partial charge in [-0.15, -0.1) is 0 Å². The monoisotopic (exact) mass is 324 g/mol. The summed E-state index contributed by atoms with van der Waals surface area (Å²) in [6, 6.07) is 10.3. The Kier molecular flexibility index (Phi) is 4.99. The number of benzene rings is 1. The summed E-state index contributed by atoms with van der Waals surface area (Å²) in [7, 11) is 2.14. The highest BCUT2D eigenvalue weighted by Gasteiger charge is 2.29. The van der Waals surface area contributed by atoms with Crippen molar-refractivity contribution in [2.45, 2.75) is 30.6 Å². The Hall–Kier alpha value is -0.870. The molecule has 0 bridgehead atoms. The number of halogens is 1. The molecule has 1 aromatic carbocycles. The molecular formula is C15H21BrN2O. The molecule has 1 atom stereocenters. The fraction of sp³-hybridized carbons (Fsp3) is 0.533. The number of hydrogen-bond donors (Lipinski definition) is 0. The average molecular weight is 325 g/mol. The van der Waals surface area contributed by atoms with Gasteiger partial charge >= 0.3 is 0 Å². The van der Waals surface area contributed by atoms with Gasteiger partial charge in [0, 0.05) is 11.7 Å². The summed E-state index contributed by atoms with van der Waals surface area (Å²) in [6.45, 7) is 4.00. The summed E-state index contributed by atoms with van der Waals surface area (Å²) >= 11 is 3.41. The molecule has 0 spiro atoms. The minimum Gasteiger partial charge on any atom is -0.308 e. The summed E-state index contributed by atoms with van der Waals surface area (Å²) in [4.78, 5) is 16.6. The van der Waals surface area contributed by atoms with Gasteiger partial charge in [-0.25, -0.2) is 0 Å². The number of carbonyl (C=O) groups is 1. The maximum Gasteiger partial charge on any atom is 0.240 e. The molecule has 0 radical (unpaired) electrons. The number of nitrogens with zero attached hydrogens (tertiary/aromatic N) is 2. The number of rotatable bonds is 3. The average Bonchev–Trinajstić information content (AvgIpc) is 2.42. The van der Waals surface area contributed by atoms with Gasteiger partial charge in [-0.2, -0.15) is 0 Å². The zero-order valence-electron chi connectivity index (χ0n) is 11.6. The summed E-state index contributed by atoms with van der Waals surface area (Å²) < 4.78 is 0. The van der Waals surface area contributed by atoms with Crippen LogP contribution in [0.3, 0.4) is 0 Å². The largest absolute Gasteiger partial charge is 0.308 e. The highest BCUT2D eigenvalue weighted by atomic mass is 79.9. The molecule has 0 aliphatic carbocycles. The predicted octanol–water partition coefficient (Wildman–Crippen LogP) is 2.90. The standard InChI is InChI=1S/C15H21BrN2O/c1-12(16)15(19)18(13-6-4-3-5-7-13)14-8-10-17(2)11-9-14/h3-7,12,14H,8-11H2,1-2H3/t12-/m1/s1. The first kappa shape index (κ1) is 14.5. The van der Waals surface area contributed by atoms with Gasteiger partial charge < -0.3 is 9.80 Å². The summed E-state index contributed by atoms with van der Waals surface area (Å²) in [5.41, 5.74) is 1.01. The van der Waals surface area contributed by atoms with Crippen molar-refractivity contribution in [1.82, 2.24) is 4.90 Å². The second kappa shape index (κ2) is 6.53. The van der Waals surface area contributed by atoms with Crippen LogP contribution in [-0.4, -0.2) is 41.8 Å². The number of hydrogen-bond acceptors (Lipinski definition) is 2. The van der Waals surface area contributed by atoms with E-state index in [0.717, 1.165) is 31.6 Å². The normalized spacial score (nSPS) is 19.1. The van der Waals surface area contributed by atoms with E-state index >= 15 is 0 Å². The van der Waals surface area contributed by atoms with E-state index in [2.05, 4.69) is 27.9 Å². The molecule has 0 unspecified atom stereocenters. The molecule has 1 saturated heterocycles. The molecule has 104 valence electrons. The molecule has 1 heterocycles. The van der Waals surface area contributed by atoms with Crippen LogP contribution in [0.15, 0.2) is 30.3 Å². The third-order valence-electron chi connectivity index (χ3n) is 3.67. The molecule has 3 nitrogen and oxygen atoms in total. The summed E-state index contributed by atoms with van der Waals surface area (Å²) in [6.07, 6.45) is 2.08. The van der Waals surface area contributed by atoms with Crippen LogP contribution < -0.4 is 4.90 Å². The number of amides is 1. The maximum atomic E-state index is 12.5. The van der Waals surface area contributed by atoms with Gasteiger partial charge in [-0.3, -0.25) is 4.79 Å². The van der Waals surface area contributed by atoms with Gasteiger partial charge in [0.1, 0.15) is 0 Å². The molecule has 2 rings (SSSR count). The lowest BCUT2D eigenvalue weighted by Crippen LogP contribution is -2.48. The first-order chi connectivity index (χ1) is 9.09. The number of likely N-dealkylation sites (tertiary alicyclic amines) is 1. The molecule has 1 amide bonds. The van der Waals surface area contributed by atoms with Crippen LogP contribution in [0, 0.1) is 0 Å². The molecular weight excluding hydrogens is 304 g/mol. The zero-order chi connectivity index (χ0) is 13.8. The van der Waals surface area contributed by atoms with Crippen LogP contribution in [0.4, 0.5) is 5.69 Å². The third kappa shape index (κ3) is 3.57. The maximum absolute atomic E-state index is 12.5. The van der Waals surface area contributed by atoms with E-state index in [1.165, 1.54) is 0 Å². The van der Waals surface area contributed by atoms with Crippen molar-refractivity contribution in [2.24, 2.45) is 0 Å². The fourth-order valence-corrected chi connectivity index (χ4v) is 2.77. The van der Waals surface area contributed by atoms with Gasteiger partial charge in [-0.1, -0.05) is 34.1 Å². The molecule has 1 aliphatic heterocycles. The third-order valence-corrected chi connectivity index (χ3v) is 4.06. The van der Waals surface area contributed by atoms with E-state index in [1.54, 1.807) is 0 Å². The predicted molar refractivity (Wildman–Crippen MR) is 82.8 cm³/mol. The van der Waals surface area contributed by atoms with Crippen LogP contribution in [0.2, 0.25) is 0 Å². The quantitative estimate of drug-likeness (QED) is 0.798. The van der Waals surface area contributed by atoms with Crippen molar-refractivity contribution >= 4 is 27.5 Å². The minimum absolute atomic E-state index is 0.146. The van der Waals surface area contributed by atoms with E-state index < -0.39 is 0 Å². The lowest BCUT2D eigenvalue weighted by Gasteiger charge is -2.38. The van der Waals surface area contributed by atoms with Crippen molar-refractivity contribution in [2.75, 3.05) is 25.0 Å². The number of piperidine rings is 1. The summed E-state index contributed by atoms with van der Waals surface area (Å²) in [5, 5.41) is 0. The lowest BCUT2D eigenvalue weighted by atomic mass is 10.0. The van der Waals surface area contributed by atoms with Gasteiger partial charge in [0.15, 0.2) is 0 Å². The Balaban J connectivity index is 2.22.